The molecule has 10 heteroatoms. The molecule has 1 aromatic heterocycles. The Kier molecular flexibility index (Phi) is 5.40. The summed E-state index contributed by atoms with van der Waals surface area (Å²) in [7, 11) is 1.38. The van der Waals surface area contributed by atoms with Crippen LogP contribution in [0.25, 0.3) is 22.2 Å². The van der Waals surface area contributed by atoms with E-state index in [0.29, 0.717) is 23.6 Å². The minimum Gasteiger partial charge on any atom is -0.408 e. The maximum atomic E-state index is 13.4. The first-order valence-electron chi connectivity index (χ1n) is 8.36. The standard InChI is InChI=1S/C19H16F5NO4/c1-18(20,21)10-25-15-8-11(3-6-16(15)28-17(25)26)14-5-4-13(29-19(22,23)24)7-12(14)9-27-2/h3-8H,9-10H2,1-2H3. The third kappa shape index (κ3) is 4.94. The smallest absolute Gasteiger partial charge is 0.408 e. The van der Waals surface area contributed by atoms with Crippen LogP contribution in [0.5, 0.6) is 5.75 Å². The Morgan fingerprint density at radius 3 is 2.41 bits per heavy atom. The first-order chi connectivity index (χ1) is 13.5. The van der Waals surface area contributed by atoms with Gasteiger partial charge in [0.25, 0.3) is 5.92 Å². The number of hydrogen-bond donors (Lipinski definition) is 0. The Morgan fingerprint density at radius 2 is 1.79 bits per heavy atom. The molecule has 0 fully saturated rings. The normalized spacial score (nSPS) is 12.5. The fourth-order valence-electron chi connectivity index (χ4n) is 2.98. The Labute approximate surface area is 161 Å². The van der Waals surface area contributed by atoms with Crippen LogP contribution < -0.4 is 10.5 Å². The van der Waals surface area contributed by atoms with Gasteiger partial charge in [0.15, 0.2) is 5.58 Å². The van der Waals surface area contributed by atoms with Gasteiger partial charge in [0.05, 0.1) is 18.7 Å². The van der Waals surface area contributed by atoms with Crippen molar-refractivity contribution < 1.29 is 35.8 Å². The number of methoxy groups -OCH3 is 1. The quantitative estimate of drug-likeness (QED) is 0.532. The summed E-state index contributed by atoms with van der Waals surface area (Å²) in [5, 5.41) is 0. The van der Waals surface area contributed by atoms with Crippen LogP contribution in [-0.2, 0) is 17.9 Å². The third-order valence-corrected chi connectivity index (χ3v) is 4.02. The van der Waals surface area contributed by atoms with E-state index in [0.717, 1.165) is 10.6 Å². The molecule has 0 radical (unpaired) electrons. The number of oxazole rings is 1. The fourth-order valence-corrected chi connectivity index (χ4v) is 2.98. The van der Waals surface area contributed by atoms with Gasteiger partial charge in [-0.05, 0) is 41.0 Å². The molecule has 2 aromatic carbocycles. The molecule has 0 bridgehead atoms. The van der Waals surface area contributed by atoms with Crippen molar-refractivity contribution in [1.29, 1.82) is 0 Å². The maximum absolute atomic E-state index is 13.4. The first-order valence-corrected chi connectivity index (χ1v) is 8.36. The topological polar surface area (TPSA) is 53.6 Å². The summed E-state index contributed by atoms with van der Waals surface area (Å²) in [5.41, 5.74) is 1.62. The van der Waals surface area contributed by atoms with Gasteiger partial charge in [0.2, 0.25) is 0 Å². The monoisotopic (exact) mass is 417 g/mol. The third-order valence-electron chi connectivity index (χ3n) is 4.02. The summed E-state index contributed by atoms with van der Waals surface area (Å²) >= 11 is 0. The van der Waals surface area contributed by atoms with E-state index in [4.69, 9.17) is 9.15 Å². The van der Waals surface area contributed by atoms with Gasteiger partial charge in [0, 0.05) is 14.0 Å². The Bertz CT molecular complexity index is 1080. The first kappa shape index (κ1) is 20.8. The van der Waals surface area contributed by atoms with Crippen molar-refractivity contribution >= 4 is 11.1 Å². The number of fused-ring (bicyclic) bond motifs is 1. The molecule has 156 valence electrons. The molecule has 29 heavy (non-hydrogen) atoms. The molecule has 5 nitrogen and oxygen atoms in total. The molecule has 0 saturated carbocycles. The van der Waals surface area contributed by atoms with E-state index in [1.54, 1.807) is 6.07 Å². The van der Waals surface area contributed by atoms with E-state index in [1.807, 2.05) is 0 Å². The fraction of sp³-hybridized carbons (Fsp3) is 0.316. The predicted octanol–water partition coefficient (Wildman–Crippen LogP) is 4.96. The molecule has 0 N–H and O–H groups in total. The van der Waals surface area contributed by atoms with Crippen molar-refractivity contribution in [2.24, 2.45) is 0 Å². The highest BCUT2D eigenvalue weighted by molar-refractivity contribution is 5.82. The number of benzene rings is 2. The highest BCUT2D eigenvalue weighted by atomic mass is 19.4. The largest absolute Gasteiger partial charge is 0.573 e. The molecular formula is C19H16F5NO4. The van der Waals surface area contributed by atoms with Crippen LogP contribution >= 0.6 is 0 Å². The van der Waals surface area contributed by atoms with E-state index in [2.05, 4.69) is 4.74 Å². The van der Waals surface area contributed by atoms with E-state index in [9.17, 15) is 26.7 Å². The van der Waals surface area contributed by atoms with Crippen LogP contribution in [0, 0.1) is 0 Å². The highest BCUT2D eigenvalue weighted by Crippen LogP contribution is 2.32. The zero-order chi connectivity index (χ0) is 21.4. The van der Waals surface area contributed by atoms with E-state index in [-0.39, 0.29) is 17.7 Å². The summed E-state index contributed by atoms with van der Waals surface area (Å²) < 4.78 is 79.1. The molecule has 0 aliphatic heterocycles. The molecular weight excluding hydrogens is 401 g/mol. The summed E-state index contributed by atoms with van der Waals surface area (Å²) in [6.07, 6.45) is -4.84. The van der Waals surface area contributed by atoms with Crippen LogP contribution in [0.2, 0.25) is 0 Å². The van der Waals surface area contributed by atoms with Crippen molar-refractivity contribution in [1.82, 2.24) is 4.57 Å². The summed E-state index contributed by atoms with van der Waals surface area (Å²) in [6.45, 7) is -0.211. The van der Waals surface area contributed by atoms with E-state index < -0.39 is 30.3 Å². The summed E-state index contributed by atoms with van der Waals surface area (Å²) in [6, 6.07) is 8.18. The Balaban J connectivity index is 2.09. The molecule has 0 aliphatic carbocycles. The van der Waals surface area contributed by atoms with Crippen molar-refractivity contribution in [2.75, 3.05) is 7.11 Å². The molecule has 3 rings (SSSR count). The summed E-state index contributed by atoms with van der Waals surface area (Å²) in [5.74, 6) is -4.49. The van der Waals surface area contributed by atoms with Gasteiger partial charge < -0.3 is 13.9 Å². The number of aromatic nitrogens is 1. The van der Waals surface area contributed by atoms with Crippen molar-refractivity contribution in [3.63, 3.8) is 0 Å². The average molecular weight is 417 g/mol. The number of halogens is 5. The van der Waals surface area contributed by atoms with Gasteiger partial charge in [-0.2, -0.15) is 0 Å². The molecule has 3 aromatic rings. The minimum absolute atomic E-state index is 0.0202. The van der Waals surface area contributed by atoms with E-state index in [1.165, 1.54) is 31.4 Å². The summed E-state index contributed by atoms with van der Waals surface area (Å²) in [4.78, 5) is 11.9. The van der Waals surface area contributed by atoms with Crippen molar-refractivity contribution in [2.45, 2.75) is 32.4 Å². The number of rotatable bonds is 6. The highest BCUT2D eigenvalue weighted by Gasteiger charge is 2.31. The second-order valence-electron chi connectivity index (χ2n) is 6.51. The van der Waals surface area contributed by atoms with E-state index >= 15 is 0 Å². The minimum atomic E-state index is -4.84. The molecule has 0 amide bonds. The lowest BCUT2D eigenvalue weighted by Gasteiger charge is -2.14. The lowest BCUT2D eigenvalue weighted by molar-refractivity contribution is -0.274. The zero-order valence-electron chi connectivity index (χ0n) is 15.3. The van der Waals surface area contributed by atoms with Crippen LogP contribution in [0.4, 0.5) is 22.0 Å². The molecule has 0 saturated heterocycles. The molecule has 0 aliphatic rings. The predicted molar refractivity (Wildman–Crippen MR) is 93.9 cm³/mol. The van der Waals surface area contributed by atoms with Crippen LogP contribution in [0.1, 0.15) is 12.5 Å². The number of alkyl halides is 5. The molecule has 0 atom stereocenters. The van der Waals surface area contributed by atoms with Crippen molar-refractivity contribution in [3.05, 3.63) is 52.5 Å². The maximum Gasteiger partial charge on any atom is 0.573 e. The van der Waals surface area contributed by atoms with Crippen LogP contribution in [0.15, 0.2) is 45.6 Å². The Morgan fingerprint density at radius 1 is 1.07 bits per heavy atom. The molecule has 1 heterocycles. The Hall–Kier alpha value is -2.88. The second kappa shape index (κ2) is 7.51. The number of nitrogens with zero attached hydrogens (tertiary/aromatic N) is 1. The second-order valence-corrected chi connectivity index (χ2v) is 6.51. The van der Waals surface area contributed by atoms with Gasteiger partial charge in [-0.1, -0.05) is 12.1 Å². The van der Waals surface area contributed by atoms with Gasteiger partial charge >= 0.3 is 12.1 Å². The van der Waals surface area contributed by atoms with Gasteiger partial charge in [0.1, 0.15) is 5.75 Å². The SMILES string of the molecule is COCc1cc(OC(F)(F)F)ccc1-c1ccc2oc(=O)n(CC(C)(F)F)c2c1. The molecule has 0 spiro atoms. The van der Waals surface area contributed by atoms with Crippen LogP contribution in [0.3, 0.4) is 0 Å². The number of ether oxygens (including phenoxy) is 2. The average Bonchev–Trinajstić information content (AvgIpc) is 2.87. The number of hydrogen-bond acceptors (Lipinski definition) is 4. The van der Waals surface area contributed by atoms with Gasteiger partial charge in [-0.3, -0.25) is 4.57 Å². The van der Waals surface area contributed by atoms with Crippen molar-refractivity contribution in [3.8, 4) is 16.9 Å². The van der Waals surface area contributed by atoms with Crippen LogP contribution in [-0.4, -0.2) is 24.0 Å². The lowest BCUT2D eigenvalue weighted by atomic mass is 9.99. The van der Waals surface area contributed by atoms with Gasteiger partial charge in [-0.25, -0.2) is 13.6 Å². The molecule has 0 unspecified atom stereocenters. The lowest BCUT2D eigenvalue weighted by Crippen LogP contribution is -2.25. The van der Waals surface area contributed by atoms with Gasteiger partial charge in [-0.15, -0.1) is 13.2 Å². The zero-order valence-corrected chi connectivity index (χ0v) is 15.3.